The smallest absolute Gasteiger partial charge is 0.121 e. The van der Waals surface area contributed by atoms with E-state index >= 15 is 0 Å². The fourth-order valence-electron chi connectivity index (χ4n) is 7.71. The molecule has 3 aliphatic rings. The predicted molar refractivity (Wildman–Crippen MR) is 162 cm³/mol. The first-order valence-corrected chi connectivity index (χ1v) is 14.3. The van der Waals surface area contributed by atoms with E-state index in [4.69, 9.17) is 0 Å². The minimum absolute atomic E-state index is 0.645. The van der Waals surface area contributed by atoms with Crippen molar-refractivity contribution in [2.24, 2.45) is 0 Å². The first kappa shape index (κ1) is 24.0. The lowest BCUT2D eigenvalue weighted by molar-refractivity contribution is 0.197. The van der Waals surface area contributed by atoms with E-state index in [1.807, 2.05) is 55.8 Å². The Morgan fingerprint density at radius 3 is 1.72 bits per heavy atom. The van der Waals surface area contributed by atoms with Crippen molar-refractivity contribution in [2.75, 3.05) is 13.7 Å². The number of aromatic amines is 1. The van der Waals surface area contributed by atoms with Gasteiger partial charge in [-0.15, -0.1) is 0 Å². The number of nitrogens with zero attached hydrogens (tertiary/aromatic N) is 7. The van der Waals surface area contributed by atoms with Crippen molar-refractivity contribution in [3.63, 3.8) is 0 Å². The van der Waals surface area contributed by atoms with Crippen molar-refractivity contribution < 1.29 is 0 Å². The van der Waals surface area contributed by atoms with Crippen LogP contribution in [-0.4, -0.2) is 53.6 Å². The molecule has 6 aromatic rings. The lowest BCUT2D eigenvalue weighted by atomic mass is 9.69. The topological polar surface area (TPSA) is 86.7 Å². The van der Waals surface area contributed by atoms with Gasteiger partial charge in [0, 0.05) is 86.3 Å². The van der Waals surface area contributed by atoms with Crippen molar-refractivity contribution in [2.45, 2.75) is 11.0 Å². The Labute approximate surface area is 248 Å². The molecule has 1 N–H and O–H groups in total. The van der Waals surface area contributed by atoms with E-state index < -0.39 is 11.0 Å². The molecule has 8 heteroatoms. The molecule has 9 rings (SSSR count). The Hall–Kier alpha value is -5.63. The van der Waals surface area contributed by atoms with Gasteiger partial charge in [-0.25, -0.2) is 0 Å². The first-order chi connectivity index (χ1) is 21.2. The summed E-state index contributed by atoms with van der Waals surface area (Å²) in [6.45, 7) is 0.720. The number of benzene rings is 1. The molecule has 2 aliphatic carbocycles. The van der Waals surface area contributed by atoms with Gasteiger partial charge < -0.3 is 9.80 Å². The zero-order chi connectivity index (χ0) is 28.6. The third-order valence-electron chi connectivity index (χ3n) is 9.38. The third-order valence-corrected chi connectivity index (χ3v) is 9.38. The highest BCUT2D eigenvalue weighted by molar-refractivity contribution is 5.86. The van der Waals surface area contributed by atoms with Gasteiger partial charge in [0.25, 0.3) is 0 Å². The van der Waals surface area contributed by atoms with Crippen LogP contribution >= 0.6 is 0 Å². The maximum absolute atomic E-state index is 4.65. The zero-order valence-corrected chi connectivity index (χ0v) is 23.4. The van der Waals surface area contributed by atoms with Crippen molar-refractivity contribution in [1.82, 2.24) is 39.9 Å². The fraction of sp³-hybridized carbons (Fsp3) is 0.114. The van der Waals surface area contributed by atoms with Gasteiger partial charge in [0.15, 0.2) is 0 Å². The number of rotatable bonds is 4. The molecular formula is C35H26N8. The van der Waals surface area contributed by atoms with Crippen LogP contribution in [0.2, 0.25) is 0 Å². The van der Waals surface area contributed by atoms with Gasteiger partial charge in [-0.1, -0.05) is 24.3 Å². The Morgan fingerprint density at radius 2 is 1.19 bits per heavy atom. The molecule has 8 nitrogen and oxygen atoms in total. The molecule has 0 atom stereocenters. The monoisotopic (exact) mass is 558 g/mol. The summed E-state index contributed by atoms with van der Waals surface area (Å²) >= 11 is 0. The quantitative estimate of drug-likeness (QED) is 0.314. The number of pyridine rings is 4. The van der Waals surface area contributed by atoms with Crippen LogP contribution in [0, 0.1) is 0 Å². The second-order valence-electron chi connectivity index (χ2n) is 11.4. The Morgan fingerprint density at radius 1 is 0.628 bits per heavy atom. The molecule has 0 unspecified atom stereocenters. The maximum atomic E-state index is 4.65. The van der Waals surface area contributed by atoms with Gasteiger partial charge in [0.1, 0.15) is 5.54 Å². The Balaban J connectivity index is 1.38. The van der Waals surface area contributed by atoms with E-state index in [-0.39, 0.29) is 0 Å². The number of aromatic nitrogens is 6. The van der Waals surface area contributed by atoms with Crippen molar-refractivity contribution >= 4 is 0 Å². The summed E-state index contributed by atoms with van der Waals surface area (Å²) in [6.07, 6.45) is 21.6. The molecule has 1 aliphatic heterocycles. The van der Waals surface area contributed by atoms with Crippen LogP contribution in [0.15, 0.2) is 123 Å². The van der Waals surface area contributed by atoms with Gasteiger partial charge in [0.05, 0.1) is 17.8 Å². The van der Waals surface area contributed by atoms with Gasteiger partial charge >= 0.3 is 0 Å². The van der Waals surface area contributed by atoms with Crippen LogP contribution in [0.3, 0.4) is 0 Å². The summed E-state index contributed by atoms with van der Waals surface area (Å²) in [5.74, 6) is 0. The van der Waals surface area contributed by atoms with Crippen LogP contribution in [0.4, 0.5) is 0 Å². The maximum Gasteiger partial charge on any atom is 0.121 e. The lowest BCUT2D eigenvalue weighted by Crippen LogP contribution is -2.45. The largest absolute Gasteiger partial charge is 0.362 e. The molecule has 1 aromatic carbocycles. The van der Waals surface area contributed by atoms with E-state index in [0.717, 1.165) is 56.9 Å². The lowest BCUT2D eigenvalue weighted by Gasteiger charge is -2.42. The average Bonchev–Trinajstić information content (AvgIpc) is 3.85. The van der Waals surface area contributed by atoms with E-state index in [0.29, 0.717) is 0 Å². The number of H-pyrrole nitrogens is 1. The zero-order valence-electron chi connectivity index (χ0n) is 23.4. The van der Waals surface area contributed by atoms with E-state index in [9.17, 15) is 0 Å². The SMILES string of the molecule is CN1C=CN(C2(c3cccc(C4(c5ccn[nH]5)c5cnccc5-c5ccncc54)c3)c3cnccc3-c3ccncc32)C1. The molecule has 0 amide bonds. The third kappa shape index (κ3) is 2.97. The highest BCUT2D eigenvalue weighted by Crippen LogP contribution is 2.58. The van der Waals surface area contributed by atoms with Crippen LogP contribution in [0.5, 0.6) is 0 Å². The summed E-state index contributed by atoms with van der Waals surface area (Å²) in [7, 11) is 2.10. The van der Waals surface area contributed by atoms with Crippen molar-refractivity contribution in [3.05, 3.63) is 162 Å². The molecule has 206 valence electrons. The molecule has 6 heterocycles. The second-order valence-corrected chi connectivity index (χ2v) is 11.4. The minimum atomic E-state index is -0.688. The number of nitrogens with one attached hydrogen (secondary N) is 1. The van der Waals surface area contributed by atoms with E-state index in [1.54, 1.807) is 0 Å². The standard InChI is InChI=1S/C35H26N8/c1-42-15-16-43(22-42)35(31-20-38-12-7-27(31)28-8-13-39-21-32(28)35)24-4-2-3-23(17-24)34(33-9-14-40-41-33)29-18-36-10-5-25(29)26-6-11-37-19-30(26)34/h2-21H,22H2,1H3,(H,40,41). The summed E-state index contributed by atoms with van der Waals surface area (Å²) in [4.78, 5) is 23.1. The predicted octanol–water partition coefficient (Wildman–Crippen LogP) is 5.30. The molecule has 0 fully saturated rings. The molecule has 0 saturated carbocycles. The van der Waals surface area contributed by atoms with Gasteiger partial charge in [-0.3, -0.25) is 25.0 Å². The van der Waals surface area contributed by atoms with Crippen molar-refractivity contribution in [3.8, 4) is 22.3 Å². The fourth-order valence-corrected chi connectivity index (χ4v) is 7.71. The molecular weight excluding hydrogens is 532 g/mol. The molecule has 43 heavy (non-hydrogen) atoms. The van der Waals surface area contributed by atoms with Crippen LogP contribution in [0.1, 0.15) is 39.1 Å². The number of hydrogen-bond acceptors (Lipinski definition) is 7. The van der Waals surface area contributed by atoms with E-state index in [1.165, 1.54) is 11.1 Å². The molecule has 0 saturated heterocycles. The van der Waals surface area contributed by atoms with Crippen molar-refractivity contribution in [1.29, 1.82) is 0 Å². The summed E-state index contributed by atoms with van der Waals surface area (Å²) < 4.78 is 0. The number of hydrogen-bond donors (Lipinski definition) is 1. The summed E-state index contributed by atoms with van der Waals surface area (Å²) in [5, 5.41) is 7.76. The van der Waals surface area contributed by atoms with Crippen LogP contribution < -0.4 is 0 Å². The Kier molecular flexibility index (Phi) is 4.85. The van der Waals surface area contributed by atoms with E-state index in [2.05, 4.69) is 114 Å². The van der Waals surface area contributed by atoms with Crippen LogP contribution in [-0.2, 0) is 11.0 Å². The summed E-state index contributed by atoms with van der Waals surface area (Å²) in [6, 6.07) is 19.5. The average molecular weight is 559 g/mol. The first-order valence-electron chi connectivity index (χ1n) is 14.3. The molecule has 0 bridgehead atoms. The van der Waals surface area contributed by atoms with Gasteiger partial charge in [-0.05, 0) is 74.8 Å². The van der Waals surface area contributed by atoms with Crippen LogP contribution in [0.25, 0.3) is 22.3 Å². The molecule has 0 spiro atoms. The highest BCUT2D eigenvalue weighted by Gasteiger charge is 2.52. The second kappa shape index (κ2) is 8.69. The Bertz CT molecular complexity index is 1970. The number of fused-ring (bicyclic) bond motifs is 6. The van der Waals surface area contributed by atoms with Gasteiger partial charge in [-0.2, -0.15) is 5.10 Å². The normalized spacial score (nSPS) is 16.6. The van der Waals surface area contributed by atoms with Gasteiger partial charge in [0.2, 0.25) is 0 Å². The molecule has 5 aromatic heterocycles. The summed E-state index contributed by atoms with van der Waals surface area (Å²) in [5.41, 5.74) is 11.0. The minimum Gasteiger partial charge on any atom is -0.362 e. The highest BCUT2D eigenvalue weighted by atomic mass is 15.4. The molecule has 0 radical (unpaired) electrons.